The molecule has 1 aliphatic rings. The second-order valence-corrected chi connectivity index (χ2v) is 10.6. The number of anilines is 3. The van der Waals surface area contributed by atoms with Crippen LogP contribution in [0.2, 0.25) is 0 Å². The summed E-state index contributed by atoms with van der Waals surface area (Å²) in [4.78, 5) is 13.1. The summed E-state index contributed by atoms with van der Waals surface area (Å²) >= 11 is 0. The van der Waals surface area contributed by atoms with E-state index in [4.69, 9.17) is 4.74 Å². The van der Waals surface area contributed by atoms with Crippen molar-refractivity contribution in [2.24, 2.45) is 0 Å². The Morgan fingerprint density at radius 2 is 1.74 bits per heavy atom. The number of aromatic nitrogens is 2. The van der Waals surface area contributed by atoms with Crippen LogP contribution in [0.25, 0.3) is 0 Å². The summed E-state index contributed by atoms with van der Waals surface area (Å²) in [6, 6.07) is 19.7. The number of fused-ring (bicyclic) bond motifs is 1. The maximum atomic E-state index is 13.9. The zero-order valence-corrected chi connectivity index (χ0v) is 21.5. The van der Waals surface area contributed by atoms with Gasteiger partial charge in [-0.3, -0.25) is 9.52 Å². The number of halogens is 2. The van der Waals surface area contributed by atoms with E-state index in [1.807, 2.05) is 30.3 Å². The van der Waals surface area contributed by atoms with Gasteiger partial charge >= 0.3 is 0 Å². The van der Waals surface area contributed by atoms with E-state index in [9.17, 15) is 22.0 Å². The molecule has 2 heterocycles. The van der Waals surface area contributed by atoms with Crippen LogP contribution < -0.4 is 20.1 Å². The summed E-state index contributed by atoms with van der Waals surface area (Å²) in [5, 5.41) is 9.93. The van der Waals surface area contributed by atoms with Gasteiger partial charge in [0.25, 0.3) is 22.4 Å². The Bertz CT molecular complexity index is 1580. The number of hydrogen-bond acceptors (Lipinski definition) is 6. The van der Waals surface area contributed by atoms with Crippen LogP contribution in [0.3, 0.4) is 0 Å². The molecule has 3 N–H and O–H groups in total. The fourth-order valence-corrected chi connectivity index (χ4v) is 5.52. The Morgan fingerprint density at radius 1 is 1.05 bits per heavy atom. The minimum Gasteiger partial charge on any atom is -0.495 e. The molecule has 2 atom stereocenters. The number of para-hydroxylation sites is 2. The number of sulfonamides is 1. The largest absolute Gasteiger partial charge is 0.495 e. The van der Waals surface area contributed by atoms with Crippen LogP contribution in [0.15, 0.2) is 90.0 Å². The monoisotopic (exact) mass is 553 g/mol. The number of alkyl halides is 2. The Balaban J connectivity index is 1.34. The molecule has 0 bridgehead atoms. The lowest BCUT2D eigenvalue weighted by atomic mass is 9.97. The van der Waals surface area contributed by atoms with Crippen LogP contribution in [0.1, 0.15) is 34.4 Å². The maximum Gasteiger partial charge on any atom is 0.262 e. The highest BCUT2D eigenvalue weighted by Crippen LogP contribution is 2.39. The lowest BCUT2D eigenvalue weighted by Crippen LogP contribution is -2.31. The van der Waals surface area contributed by atoms with Gasteiger partial charge in [-0.15, -0.1) is 0 Å². The number of carbonyl (C=O) groups excluding carboxylic acids is 1. The molecule has 202 valence electrons. The predicted molar refractivity (Wildman–Crippen MR) is 143 cm³/mol. The summed E-state index contributed by atoms with van der Waals surface area (Å²) in [7, 11) is -2.49. The third-order valence-electron chi connectivity index (χ3n) is 6.41. The molecular formula is C27H25F2N5O4S. The second-order valence-electron chi connectivity index (χ2n) is 8.88. The quantitative estimate of drug-likeness (QED) is 0.273. The van der Waals surface area contributed by atoms with E-state index in [-0.39, 0.29) is 28.4 Å². The van der Waals surface area contributed by atoms with Crippen LogP contribution in [0.5, 0.6) is 5.75 Å². The number of hydrogen-bond donors (Lipinski definition) is 3. The summed E-state index contributed by atoms with van der Waals surface area (Å²) in [5.74, 6) is -0.0157. The first-order valence-corrected chi connectivity index (χ1v) is 13.5. The number of amides is 1. The molecule has 0 fully saturated rings. The summed E-state index contributed by atoms with van der Waals surface area (Å²) in [5.41, 5.74) is 1.51. The standard InChI is InChI=1S/C27H25F2N5O4S/c1-38-24-10-6-5-9-21(24)33-39(36,37)19-13-11-18(12-14-19)31-27(35)20-16-30-34-23(25(28)29)15-22(32-26(20)34)17-7-3-2-4-8-17/h2-14,16,22-23,25,32-33H,15H2,1H3,(H,31,35)/t22-,23-/m0/s1. The molecule has 1 aliphatic heterocycles. The number of nitrogens with zero attached hydrogens (tertiary/aromatic N) is 2. The third-order valence-corrected chi connectivity index (χ3v) is 7.79. The van der Waals surface area contributed by atoms with E-state index >= 15 is 0 Å². The molecule has 5 rings (SSSR count). The van der Waals surface area contributed by atoms with Crippen LogP contribution in [-0.4, -0.2) is 37.6 Å². The van der Waals surface area contributed by atoms with Gasteiger partial charge < -0.3 is 15.4 Å². The van der Waals surface area contributed by atoms with Gasteiger partial charge in [0.15, 0.2) is 0 Å². The van der Waals surface area contributed by atoms with Gasteiger partial charge in [-0.1, -0.05) is 42.5 Å². The average Bonchev–Trinajstić information content (AvgIpc) is 3.37. The first-order valence-electron chi connectivity index (χ1n) is 12.0. The van der Waals surface area contributed by atoms with Gasteiger partial charge in [-0.2, -0.15) is 5.10 Å². The number of methoxy groups -OCH3 is 1. The molecule has 0 saturated carbocycles. The molecule has 0 unspecified atom stereocenters. The smallest absolute Gasteiger partial charge is 0.262 e. The van der Waals surface area contributed by atoms with Gasteiger partial charge in [0.2, 0.25) is 0 Å². The highest BCUT2D eigenvalue weighted by Gasteiger charge is 2.36. The van der Waals surface area contributed by atoms with E-state index < -0.39 is 34.4 Å². The lowest BCUT2D eigenvalue weighted by molar-refractivity contribution is 0.0657. The van der Waals surface area contributed by atoms with Crippen molar-refractivity contribution in [2.45, 2.75) is 29.8 Å². The molecule has 1 aromatic heterocycles. The molecule has 9 nitrogen and oxygen atoms in total. The second kappa shape index (κ2) is 10.7. The van der Waals surface area contributed by atoms with Gasteiger partial charge in [0.05, 0.1) is 29.9 Å². The number of rotatable bonds is 8. The highest BCUT2D eigenvalue weighted by atomic mass is 32.2. The molecule has 4 aromatic rings. The Hall–Kier alpha value is -4.45. The van der Waals surface area contributed by atoms with Crippen molar-refractivity contribution in [3.05, 3.63) is 96.2 Å². The summed E-state index contributed by atoms with van der Waals surface area (Å²) in [6.45, 7) is 0. The maximum absolute atomic E-state index is 13.9. The third kappa shape index (κ3) is 5.41. The zero-order chi connectivity index (χ0) is 27.6. The molecule has 39 heavy (non-hydrogen) atoms. The van der Waals surface area contributed by atoms with E-state index in [1.54, 1.807) is 24.3 Å². The molecule has 0 aliphatic carbocycles. The minimum atomic E-state index is -3.93. The van der Waals surface area contributed by atoms with E-state index in [0.29, 0.717) is 11.4 Å². The molecule has 12 heteroatoms. The number of benzene rings is 3. The van der Waals surface area contributed by atoms with Gasteiger partial charge in [0.1, 0.15) is 23.2 Å². The molecular weight excluding hydrogens is 528 g/mol. The van der Waals surface area contributed by atoms with Crippen LogP contribution in [0, 0.1) is 0 Å². The average molecular weight is 554 g/mol. The van der Waals surface area contributed by atoms with Crippen molar-refractivity contribution < 1.29 is 26.7 Å². The van der Waals surface area contributed by atoms with Crippen molar-refractivity contribution in [1.82, 2.24) is 9.78 Å². The molecule has 0 spiro atoms. The summed E-state index contributed by atoms with van der Waals surface area (Å²) < 4.78 is 62.3. The molecule has 1 amide bonds. The van der Waals surface area contributed by atoms with Crippen LogP contribution in [0.4, 0.5) is 26.0 Å². The first-order chi connectivity index (χ1) is 18.8. The van der Waals surface area contributed by atoms with Crippen molar-refractivity contribution in [1.29, 1.82) is 0 Å². The van der Waals surface area contributed by atoms with E-state index in [2.05, 4.69) is 20.5 Å². The highest BCUT2D eigenvalue weighted by molar-refractivity contribution is 7.92. The minimum absolute atomic E-state index is 0.0264. The van der Waals surface area contributed by atoms with Crippen molar-refractivity contribution in [2.75, 3.05) is 22.5 Å². The SMILES string of the molecule is COc1ccccc1NS(=O)(=O)c1ccc(NC(=O)c2cnn3c2N[C@H](c2ccccc2)C[C@H]3C(F)F)cc1. The number of carbonyl (C=O) groups is 1. The van der Waals surface area contributed by atoms with Gasteiger partial charge in [-0.05, 0) is 48.4 Å². The van der Waals surface area contributed by atoms with Crippen molar-refractivity contribution in [3.8, 4) is 5.75 Å². The fraction of sp³-hybridized carbons (Fsp3) is 0.185. The van der Waals surface area contributed by atoms with E-state index in [1.165, 1.54) is 37.6 Å². The number of nitrogens with one attached hydrogen (secondary N) is 3. The predicted octanol–water partition coefficient (Wildman–Crippen LogP) is 5.31. The van der Waals surface area contributed by atoms with Crippen molar-refractivity contribution >= 4 is 33.1 Å². The summed E-state index contributed by atoms with van der Waals surface area (Å²) in [6.07, 6.45) is -1.32. The molecule has 3 aromatic carbocycles. The van der Waals surface area contributed by atoms with Gasteiger partial charge in [0, 0.05) is 5.69 Å². The Labute approximate surface area is 223 Å². The topological polar surface area (TPSA) is 114 Å². The van der Waals surface area contributed by atoms with Gasteiger partial charge in [-0.25, -0.2) is 21.9 Å². The fourth-order valence-electron chi connectivity index (χ4n) is 4.45. The molecule has 0 radical (unpaired) electrons. The Kier molecular flexibility index (Phi) is 7.20. The normalized spacial score (nSPS) is 16.7. The van der Waals surface area contributed by atoms with Crippen LogP contribution in [-0.2, 0) is 10.0 Å². The number of ether oxygens (including phenoxy) is 1. The van der Waals surface area contributed by atoms with Crippen LogP contribution >= 0.6 is 0 Å². The van der Waals surface area contributed by atoms with Crippen molar-refractivity contribution in [3.63, 3.8) is 0 Å². The molecule has 0 saturated heterocycles. The van der Waals surface area contributed by atoms with E-state index in [0.717, 1.165) is 10.2 Å². The Morgan fingerprint density at radius 3 is 2.44 bits per heavy atom. The first kappa shape index (κ1) is 26.2. The lowest BCUT2D eigenvalue weighted by Gasteiger charge is -2.32. The zero-order valence-electron chi connectivity index (χ0n) is 20.7.